The van der Waals surface area contributed by atoms with Crippen LogP contribution in [0.4, 0.5) is 4.39 Å². The van der Waals surface area contributed by atoms with E-state index < -0.39 is 17.7 Å². The summed E-state index contributed by atoms with van der Waals surface area (Å²) in [5.41, 5.74) is 1.95. The van der Waals surface area contributed by atoms with Gasteiger partial charge in [0.05, 0.1) is 5.92 Å². The van der Waals surface area contributed by atoms with Crippen LogP contribution in [-0.4, -0.2) is 11.1 Å². The lowest BCUT2D eigenvalue weighted by Gasteiger charge is -2.14. The monoisotopic (exact) mass is 292 g/mol. The lowest BCUT2D eigenvalue weighted by atomic mass is 9.91. The van der Waals surface area contributed by atoms with Crippen molar-refractivity contribution >= 4 is 17.6 Å². The first-order valence-corrected chi connectivity index (χ1v) is 6.58. The summed E-state index contributed by atoms with van der Waals surface area (Å²) in [7, 11) is 0. The fraction of sp³-hybridized carbons (Fsp3) is 0.188. The molecule has 2 aromatic rings. The number of hydrogen-bond donors (Lipinski definition) is 1. The van der Waals surface area contributed by atoms with E-state index >= 15 is 0 Å². The van der Waals surface area contributed by atoms with Crippen LogP contribution in [0.15, 0.2) is 42.5 Å². The molecule has 20 heavy (non-hydrogen) atoms. The third-order valence-electron chi connectivity index (χ3n) is 3.17. The molecule has 0 radical (unpaired) electrons. The van der Waals surface area contributed by atoms with Crippen molar-refractivity contribution in [2.24, 2.45) is 0 Å². The van der Waals surface area contributed by atoms with Crippen LogP contribution in [0, 0.1) is 12.7 Å². The molecule has 4 heteroatoms. The predicted octanol–water partition coefficient (Wildman–Crippen LogP) is 4.20. The Morgan fingerprint density at radius 2 is 2.05 bits per heavy atom. The molecule has 0 aliphatic rings. The van der Waals surface area contributed by atoms with Gasteiger partial charge in [0.1, 0.15) is 5.82 Å². The van der Waals surface area contributed by atoms with E-state index in [1.807, 2.05) is 13.0 Å². The largest absolute Gasteiger partial charge is 0.481 e. The molecule has 1 unspecified atom stereocenters. The van der Waals surface area contributed by atoms with E-state index in [9.17, 15) is 14.3 Å². The molecule has 0 bridgehead atoms. The summed E-state index contributed by atoms with van der Waals surface area (Å²) in [5, 5.41) is 9.78. The zero-order valence-electron chi connectivity index (χ0n) is 10.9. The average molecular weight is 293 g/mol. The Labute approximate surface area is 121 Å². The Morgan fingerprint density at radius 1 is 1.30 bits per heavy atom. The number of aliphatic carboxylic acids is 1. The number of rotatable bonds is 4. The molecule has 0 saturated carbocycles. The van der Waals surface area contributed by atoms with Crippen molar-refractivity contribution in [2.75, 3.05) is 0 Å². The summed E-state index contributed by atoms with van der Waals surface area (Å²) < 4.78 is 13.7. The van der Waals surface area contributed by atoms with Crippen molar-refractivity contribution in [3.63, 3.8) is 0 Å². The van der Waals surface area contributed by atoms with Crippen LogP contribution < -0.4 is 0 Å². The van der Waals surface area contributed by atoms with E-state index in [-0.39, 0.29) is 6.42 Å². The van der Waals surface area contributed by atoms with Gasteiger partial charge in [-0.15, -0.1) is 0 Å². The highest BCUT2D eigenvalue weighted by Crippen LogP contribution is 2.25. The zero-order valence-corrected chi connectivity index (χ0v) is 11.7. The lowest BCUT2D eigenvalue weighted by Crippen LogP contribution is -2.15. The number of halogens is 2. The van der Waals surface area contributed by atoms with E-state index in [0.29, 0.717) is 16.1 Å². The Hall–Kier alpha value is -1.87. The van der Waals surface area contributed by atoms with Gasteiger partial charge in [-0.05, 0) is 42.7 Å². The summed E-state index contributed by atoms with van der Waals surface area (Å²) in [6.45, 7) is 1.89. The highest BCUT2D eigenvalue weighted by molar-refractivity contribution is 6.30. The third-order valence-corrected chi connectivity index (χ3v) is 3.41. The van der Waals surface area contributed by atoms with Gasteiger partial charge in [-0.25, -0.2) is 4.39 Å². The molecule has 1 atom stereocenters. The minimum atomic E-state index is -0.977. The normalized spacial score (nSPS) is 12.2. The number of aryl methyl sites for hydroxylation is 1. The van der Waals surface area contributed by atoms with Gasteiger partial charge in [-0.2, -0.15) is 0 Å². The first-order chi connectivity index (χ1) is 9.47. The second kappa shape index (κ2) is 6.06. The quantitative estimate of drug-likeness (QED) is 0.917. The first kappa shape index (κ1) is 14.5. The van der Waals surface area contributed by atoms with Crippen molar-refractivity contribution in [1.29, 1.82) is 0 Å². The Kier molecular flexibility index (Phi) is 4.40. The molecule has 0 aliphatic carbocycles. The van der Waals surface area contributed by atoms with Gasteiger partial charge in [-0.3, -0.25) is 4.79 Å². The zero-order chi connectivity index (χ0) is 14.7. The summed E-state index contributed by atoms with van der Waals surface area (Å²) in [6.07, 6.45) is 0.0746. The number of benzene rings is 2. The van der Waals surface area contributed by atoms with Crippen LogP contribution in [0.25, 0.3) is 0 Å². The second-order valence-corrected chi connectivity index (χ2v) is 5.18. The highest BCUT2D eigenvalue weighted by Gasteiger charge is 2.22. The predicted molar refractivity (Wildman–Crippen MR) is 76.7 cm³/mol. The molecule has 104 valence electrons. The first-order valence-electron chi connectivity index (χ1n) is 6.20. The van der Waals surface area contributed by atoms with Crippen molar-refractivity contribution in [3.8, 4) is 0 Å². The molecule has 0 spiro atoms. The number of carbonyl (C=O) groups is 1. The molecule has 2 aromatic carbocycles. The van der Waals surface area contributed by atoms with Gasteiger partial charge in [0.15, 0.2) is 0 Å². The van der Waals surface area contributed by atoms with Crippen LogP contribution in [0.5, 0.6) is 0 Å². The van der Waals surface area contributed by atoms with E-state index in [4.69, 9.17) is 11.6 Å². The molecule has 2 nitrogen and oxygen atoms in total. The van der Waals surface area contributed by atoms with Crippen molar-refractivity contribution < 1.29 is 14.3 Å². The smallest absolute Gasteiger partial charge is 0.311 e. The Balaban J connectivity index is 2.35. The molecule has 1 N–H and O–H groups in total. The molecule has 0 heterocycles. The van der Waals surface area contributed by atoms with Crippen LogP contribution in [0.2, 0.25) is 5.02 Å². The fourth-order valence-electron chi connectivity index (χ4n) is 2.15. The van der Waals surface area contributed by atoms with Gasteiger partial charge in [0.25, 0.3) is 0 Å². The highest BCUT2D eigenvalue weighted by atomic mass is 35.5. The van der Waals surface area contributed by atoms with Gasteiger partial charge in [0, 0.05) is 5.02 Å². The maximum atomic E-state index is 13.7. The van der Waals surface area contributed by atoms with E-state index in [1.54, 1.807) is 18.2 Å². The fourth-order valence-corrected chi connectivity index (χ4v) is 2.35. The molecule has 2 rings (SSSR count). The number of carboxylic acids is 1. The van der Waals surface area contributed by atoms with E-state index in [0.717, 1.165) is 5.56 Å². The van der Waals surface area contributed by atoms with Crippen LogP contribution >= 0.6 is 11.6 Å². The minimum Gasteiger partial charge on any atom is -0.481 e. The third kappa shape index (κ3) is 3.36. The summed E-state index contributed by atoms with van der Waals surface area (Å²) in [4.78, 5) is 11.5. The molecule has 0 saturated heterocycles. The topological polar surface area (TPSA) is 37.3 Å². The molecule has 0 fully saturated rings. The van der Waals surface area contributed by atoms with Crippen molar-refractivity contribution in [1.82, 2.24) is 0 Å². The van der Waals surface area contributed by atoms with E-state index in [2.05, 4.69) is 0 Å². The molecular formula is C16H14ClFO2. The SMILES string of the molecule is Cc1cccc(C(Cc2cc(Cl)ccc2F)C(=O)O)c1. The van der Waals surface area contributed by atoms with Gasteiger partial charge < -0.3 is 5.11 Å². The maximum absolute atomic E-state index is 13.7. The van der Waals surface area contributed by atoms with Crippen LogP contribution in [0.3, 0.4) is 0 Å². The standard InChI is InChI=1S/C16H14ClFO2/c1-10-3-2-4-11(7-10)14(16(19)20)9-12-8-13(17)5-6-15(12)18/h2-8,14H,9H2,1H3,(H,19,20). The van der Waals surface area contributed by atoms with Gasteiger partial charge in [0.2, 0.25) is 0 Å². The maximum Gasteiger partial charge on any atom is 0.311 e. The summed E-state index contributed by atoms with van der Waals surface area (Å²) >= 11 is 5.84. The van der Waals surface area contributed by atoms with Crippen LogP contribution in [-0.2, 0) is 11.2 Å². The second-order valence-electron chi connectivity index (χ2n) is 4.74. The minimum absolute atomic E-state index is 0.0746. The van der Waals surface area contributed by atoms with Gasteiger partial charge in [-0.1, -0.05) is 41.4 Å². The average Bonchev–Trinajstić information content (AvgIpc) is 2.39. The lowest BCUT2D eigenvalue weighted by molar-refractivity contribution is -0.138. The Bertz CT molecular complexity index is 640. The number of hydrogen-bond acceptors (Lipinski definition) is 1. The molecule has 0 amide bonds. The summed E-state index contributed by atoms with van der Waals surface area (Å²) in [6, 6.07) is 11.4. The molecule has 0 aliphatic heterocycles. The van der Waals surface area contributed by atoms with Gasteiger partial charge >= 0.3 is 5.97 Å². The summed E-state index contributed by atoms with van der Waals surface area (Å²) in [5.74, 6) is -2.20. The Morgan fingerprint density at radius 3 is 2.70 bits per heavy atom. The molecule has 0 aromatic heterocycles. The van der Waals surface area contributed by atoms with Crippen molar-refractivity contribution in [2.45, 2.75) is 19.3 Å². The van der Waals surface area contributed by atoms with Crippen molar-refractivity contribution in [3.05, 3.63) is 70.0 Å². The number of carboxylic acid groups (broad SMARTS) is 1. The van der Waals surface area contributed by atoms with E-state index in [1.165, 1.54) is 18.2 Å². The van der Waals surface area contributed by atoms with Crippen LogP contribution in [0.1, 0.15) is 22.6 Å². The molecular weight excluding hydrogens is 279 g/mol.